The van der Waals surface area contributed by atoms with Gasteiger partial charge in [-0.3, -0.25) is 4.79 Å². The van der Waals surface area contributed by atoms with Gasteiger partial charge in [0.2, 0.25) is 0 Å². The summed E-state index contributed by atoms with van der Waals surface area (Å²) >= 11 is 0. The predicted octanol–water partition coefficient (Wildman–Crippen LogP) is 2.42. The van der Waals surface area contributed by atoms with Crippen molar-refractivity contribution in [2.45, 2.75) is 0 Å². The number of anilines is 1. The van der Waals surface area contributed by atoms with Crippen molar-refractivity contribution in [1.29, 1.82) is 0 Å². The molecule has 0 aliphatic carbocycles. The zero-order valence-electron chi connectivity index (χ0n) is 16.4. The Morgan fingerprint density at radius 3 is 2.27 bits per heavy atom. The molecule has 1 amide bonds. The number of piperazine rings is 1. The second-order valence-electron chi connectivity index (χ2n) is 7.10. The molecule has 0 spiro atoms. The van der Waals surface area contributed by atoms with Gasteiger partial charge in [-0.2, -0.15) is 5.10 Å². The van der Waals surface area contributed by atoms with Crippen LogP contribution in [-0.4, -0.2) is 61.3 Å². The fourth-order valence-electron chi connectivity index (χ4n) is 3.64. The fourth-order valence-corrected chi connectivity index (χ4v) is 3.64. The summed E-state index contributed by atoms with van der Waals surface area (Å²) < 4.78 is 3.73. The minimum absolute atomic E-state index is 0.0635. The maximum absolute atomic E-state index is 12.9. The van der Waals surface area contributed by atoms with Gasteiger partial charge in [0, 0.05) is 68.3 Å². The first-order valence-electron chi connectivity index (χ1n) is 9.88. The second-order valence-corrected chi connectivity index (χ2v) is 7.10. The van der Waals surface area contributed by atoms with Gasteiger partial charge in [0.1, 0.15) is 12.1 Å². The van der Waals surface area contributed by atoms with Crippen LogP contribution in [0.2, 0.25) is 0 Å². The predicted molar refractivity (Wildman–Crippen MR) is 113 cm³/mol. The molecule has 4 heterocycles. The van der Waals surface area contributed by atoms with Gasteiger partial charge in [-0.25, -0.2) is 14.6 Å². The van der Waals surface area contributed by atoms with Crippen LogP contribution in [0.3, 0.4) is 0 Å². The number of rotatable bonds is 4. The molecule has 4 aromatic rings. The third-order valence-corrected chi connectivity index (χ3v) is 5.29. The van der Waals surface area contributed by atoms with E-state index in [9.17, 15) is 4.79 Å². The van der Waals surface area contributed by atoms with Gasteiger partial charge in [-0.1, -0.05) is 0 Å². The summed E-state index contributed by atoms with van der Waals surface area (Å²) in [7, 11) is 0. The van der Waals surface area contributed by atoms with E-state index in [1.807, 2.05) is 76.6 Å². The van der Waals surface area contributed by atoms with Gasteiger partial charge in [-0.15, -0.1) is 0 Å². The lowest BCUT2D eigenvalue weighted by Gasteiger charge is -2.35. The van der Waals surface area contributed by atoms with E-state index in [-0.39, 0.29) is 5.91 Å². The molecule has 0 unspecified atom stereocenters. The van der Waals surface area contributed by atoms with E-state index in [4.69, 9.17) is 0 Å². The number of hydrogen-bond acceptors (Lipinski definition) is 5. The highest BCUT2D eigenvalue weighted by Gasteiger charge is 2.23. The second kappa shape index (κ2) is 7.82. The van der Waals surface area contributed by atoms with Crippen LogP contribution in [0.25, 0.3) is 11.5 Å². The number of nitrogens with zero attached hydrogens (tertiary/aromatic N) is 7. The van der Waals surface area contributed by atoms with Crippen LogP contribution >= 0.6 is 0 Å². The molecular weight excluding hydrogens is 378 g/mol. The third kappa shape index (κ3) is 3.55. The average Bonchev–Trinajstić information content (AvgIpc) is 3.54. The fraction of sp³-hybridized carbons (Fsp3) is 0.182. The quantitative estimate of drug-likeness (QED) is 0.527. The van der Waals surface area contributed by atoms with E-state index >= 15 is 0 Å². The molecule has 5 rings (SSSR count). The Bertz CT molecular complexity index is 1110. The Hall–Kier alpha value is -3.94. The van der Waals surface area contributed by atoms with Crippen molar-refractivity contribution < 1.29 is 4.79 Å². The van der Waals surface area contributed by atoms with Gasteiger partial charge in [0.05, 0.1) is 0 Å². The molecule has 0 radical (unpaired) electrons. The maximum atomic E-state index is 12.9. The first-order chi connectivity index (χ1) is 14.8. The van der Waals surface area contributed by atoms with E-state index in [2.05, 4.69) is 20.0 Å². The Morgan fingerprint density at radius 2 is 1.57 bits per heavy atom. The monoisotopic (exact) mass is 399 g/mol. The van der Waals surface area contributed by atoms with E-state index in [1.165, 1.54) is 0 Å². The Labute approximate surface area is 174 Å². The van der Waals surface area contributed by atoms with Crippen LogP contribution in [-0.2, 0) is 0 Å². The topological polar surface area (TPSA) is 72.1 Å². The zero-order valence-corrected chi connectivity index (χ0v) is 16.4. The van der Waals surface area contributed by atoms with Crippen LogP contribution in [0.4, 0.5) is 5.82 Å². The molecule has 0 N–H and O–H groups in total. The van der Waals surface area contributed by atoms with Crippen LogP contribution in [0.1, 0.15) is 10.4 Å². The van der Waals surface area contributed by atoms with Crippen molar-refractivity contribution in [2.75, 3.05) is 31.1 Å². The van der Waals surface area contributed by atoms with Crippen molar-refractivity contribution in [3.8, 4) is 11.5 Å². The number of amides is 1. The molecule has 0 saturated carbocycles. The smallest absolute Gasteiger partial charge is 0.253 e. The van der Waals surface area contributed by atoms with Gasteiger partial charge in [0.25, 0.3) is 5.91 Å². The van der Waals surface area contributed by atoms with E-state index in [0.29, 0.717) is 18.7 Å². The van der Waals surface area contributed by atoms with Crippen LogP contribution in [0.5, 0.6) is 0 Å². The Kier molecular flexibility index (Phi) is 4.72. The van der Waals surface area contributed by atoms with Crippen LogP contribution in [0.15, 0.2) is 79.6 Å². The van der Waals surface area contributed by atoms with Crippen LogP contribution in [0, 0.1) is 0 Å². The molecule has 1 saturated heterocycles. The number of carbonyl (C=O) groups is 1. The highest BCUT2D eigenvalue weighted by molar-refractivity contribution is 5.94. The maximum Gasteiger partial charge on any atom is 0.253 e. The van der Waals surface area contributed by atoms with Crippen molar-refractivity contribution in [3.63, 3.8) is 0 Å². The zero-order chi connectivity index (χ0) is 20.3. The molecule has 150 valence electrons. The van der Waals surface area contributed by atoms with Crippen molar-refractivity contribution in [3.05, 3.63) is 85.2 Å². The molecule has 30 heavy (non-hydrogen) atoms. The molecular formula is C22H21N7O. The van der Waals surface area contributed by atoms with E-state index < -0.39 is 0 Å². The molecule has 1 aromatic carbocycles. The van der Waals surface area contributed by atoms with E-state index in [1.54, 1.807) is 17.2 Å². The lowest BCUT2D eigenvalue weighted by Crippen LogP contribution is -2.49. The summed E-state index contributed by atoms with van der Waals surface area (Å²) in [5.74, 6) is 1.64. The SMILES string of the molecule is O=C(c1ccc(-n2cccc2)cc1)N1CCN(c2cc(-n3cccn3)ncn2)CC1. The van der Waals surface area contributed by atoms with Crippen molar-refractivity contribution >= 4 is 11.7 Å². The third-order valence-electron chi connectivity index (χ3n) is 5.29. The van der Waals surface area contributed by atoms with Gasteiger partial charge in [-0.05, 0) is 42.5 Å². The summed E-state index contributed by atoms with van der Waals surface area (Å²) in [5.41, 5.74) is 1.75. The normalized spacial score (nSPS) is 14.1. The number of carbonyl (C=O) groups excluding carboxylic acids is 1. The van der Waals surface area contributed by atoms with Gasteiger partial charge in [0.15, 0.2) is 5.82 Å². The summed E-state index contributed by atoms with van der Waals surface area (Å²) in [6.45, 7) is 2.75. The first kappa shape index (κ1) is 18.1. The summed E-state index contributed by atoms with van der Waals surface area (Å²) in [6.07, 6.45) is 9.10. The van der Waals surface area contributed by atoms with Gasteiger partial charge >= 0.3 is 0 Å². The van der Waals surface area contributed by atoms with Crippen molar-refractivity contribution in [2.24, 2.45) is 0 Å². The molecule has 1 aliphatic rings. The molecule has 1 aliphatic heterocycles. The molecule has 0 atom stereocenters. The average molecular weight is 399 g/mol. The lowest BCUT2D eigenvalue weighted by molar-refractivity contribution is 0.0746. The standard InChI is InChI=1S/C22H21N7O/c30-22(18-4-6-19(7-5-18)26-9-1-2-10-26)28-14-12-27(13-15-28)20-16-21(24-17-23-20)29-11-3-8-25-29/h1-11,16-17H,12-15H2. The molecule has 8 heteroatoms. The van der Waals surface area contributed by atoms with E-state index in [0.717, 1.165) is 30.4 Å². The minimum atomic E-state index is 0.0635. The Morgan fingerprint density at radius 1 is 0.833 bits per heavy atom. The number of benzene rings is 1. The molecule has 0 bridgehead atoms. The highest BCUT2D eigenvalue weighted by Crippen LogP contribution is 2.18. The molecule has 1 fully saturated rings. The summed E-state index contributed by atoms with van der Waals surface area (Å²) in [6, 6.07) is 15.5. The largest absolute Gasteiger partial charge is 0.353 e. The van der Waals surface area contributed by atoms with Crippen molar-refractivity contribution in [1.82, 2.24) is 29.2 Å². The summed E-state index contributed by atoms with van der Waals surface area (Å²) in [4.78, 5) is 25.7. The number of hydrogen-bond donors (Lipinski definition) is 0. The first-order valence-corrected chi connectivity index (χ1v) is 9.88. The highest BCUT2D eigenvalue weighted by atomic mass is 16.2. The molecule has 8 nitrogen and oxygen atoms in total. The number of aromatic nitrogens is 5. The Balaban J connectivity index is 1.24. The van der Waals surface area contributed by atoms with Crippen LogP contribution < -0.4 is 4.90 Å². The molecule has 3 aromatic heterocycles. The summed E-state index contributed by atoms with van der Waals surface area (Å²) in [5, 5.41) is 4.22. The lowest BCUT2D eigenvalue weighted by atomic mass is 10.1. The van der Waals surface area contributed by atoms with Gasteiger partial charge < -0.3 is 14.4 Å². The minimum Gasteiger partial charge on any atom is -0.353 e.